The van der Waals surface area contributed by atoms with Gasteiger partial charge in [0.05, 0.1) is 10.2 Å². The molecule has 0 unspecified atom stereocenters. The molecule has 0 aliphatic rings. The van der Waals surface area contributed by atoms with Crippen molar-refractivity contribution in [2.75, 3.05) is 11.5 Å². The topological polar surface area (TPSA) is 77.8 Å². The van der Waals surface area contributed by atoms with Gasteiger partial charge in [0.15, 0.2) is 0 Å². The fraction of sp³-hybridized carbons (Fsp3) is 0. The molecule has 0 amide bonds. The summed E-state index contributed by atoms with van der Waals surface area (Å²) in [7, 11) is 0. The number of benzene rings is 2. The maximum atomic E-state index is 5.83. The monoisotopic (exact) mass is 340 g/mol. The molecule has 0 aliphatic heterocycles. The lowest BCUT2D eigenvalue weighted by Crippen LogP contribution is -2.02. The standard InChI is InChI=1S/C16H13BrN4/c17-13-14(20-16(19)21-15(13)18)12-8-4-7-11(9-12)10-5-2-1-3-6-10/h1-9H,(H4,18,19,20,21). The largest absolute Gasteiger partial charge is 0.383 e. The highest BCUT2D eigenvalue weighted by Gasteiger charge is 2.11. The Hall–Kier alpha value is -2.40. The van der Waals surface area contributed by atoms with Crippen LogP contribution in [-0.2, 0) is 0 Å². The highest BCUT2D eigenvalue weighted by atomic mass is 79.9. The molecule has 3 aromatic rings. The van der Waals surface area contributed by atoms with Crippen LogP contribution in [0.15, 0.2) is 59.1 Å². The number of aromatic nitrogens is 2. The summed E-state index contributed by atoms with van der Waals surface area (Å²) in [5.41, 5.74) is 15.4. The minimum absolute atomic E-state index is 0.163. The van der Waals surface area contributed by atoms with Gasteiger partial charge in [0.1, 0.15) is 5.82 Å². The molecule has 0 saturated heterocycles. The molecule has 21 heavy (non-hydrogen) atoms. The zero-order valence-corrected chi connectivity index (χ0v) is 12.7. The molecule has 0 saturated carbocycles. The Morgan fingerprint density at radius 2 is 1.43 bits per heavy atom. The van der Waals surface area contributed by atoms with Crippen LogP contribution in [0.1, 0.15) is 0 Å². The first-order chi connectivity index (χ1) is 10.1. The summed E-state index contributed by atoms with van der Waals surface area (Å²) in [6.45, 7) is 0. The third-order valence-corrected chi connectivity index (χ3v) is 3.92. The van der Waals surface area contributed by atoms with Crippen LogP contribution in [0.2, 0.25) is 0 Å². The Bertz CT molecular complexity index is 788. The fourth-order valence-corrected chi connectivity index (χ4v) is 2.56. The average molecular weight is 341 g/mol. The highest BCUT2D eigenvalue weighted by molar-refractivity contribution is 9.10. The van der Waals surface area contributed by atoms with Gasteiger partial charge in [-0.3, -0.25) is 0 Å². The molecule has 0 radical (unpaired) electrons. The molecule has 0 aliphatic carbocycles. The molecule has 4 nitrogen and oxygen atoms in total. The number of hydrogen-bond donors (Lipinski definition) is 2. The minimum Gasteiger partial charge on any atom is -0.383 e. The SMILES string of the molecule is Nc1nc(N)c(Br)c(-c2cccc(-c3ccccc3)c2)n1. The molecule has 0 spiro atoms. The van der Waals surface area contributed by atoms with E-state index in [-0.39, 0.29) is 5.95 Å². The zero-order chi connectivity index (χ0) is 14.8. The average Bonchev–Trinajstić information content (AvgIpc) is 2.52. The van der Waals surface area contributed by atoms with Gasteiger partial charge in [-0.1, -0.05) is 48.5 Å². The van der Waals surface area contributed by atoms with Gasteiger partial charge in [-0.25, -0.2) is 4.98 Å². The summed E-state index contributed by atoms with van der Waals surface area (Å²) >= 11 is 3.43. The van der Waals surface area contributed by atoms with Crippen molar-refractivity contribution in [2.24, 2.45) is 0 Å². The smallest absolute Gasteiger partial charge is 0.222 e. The summed E-state index contributed by atoms with van der Waals surface area (Å²) in [5.74, 6) is 0.499. The second-order valence-corrected chi connectivity index (χ2v) is 5.37. The van der Waals surface area contributed by atoms with Crippen molar-refractivity contribution in [3.63, 3.8) is 0 Å². The van der Waals surface area contributed by atoms with Crippen molar-refractivity contribution >= 4 is 27.7 Å². The third-order valence-electron chi connectivity index (χ3n) is 3.14. The molecule has 2 aromatic carbocycles. The van der Waals surface area contributed by atoms with E-state index >= 15 is 0 Å². The molecular formula is C16H13BrN4. The lowest BCUT2D eigenvalue weighted by atomic mass is 10.0. The Labute approximate surface area is 131 Å². The van der Waals surface area contributed by atoms with Crippen LogP contribution in [-0.4, -0.2) is 9.97 Å². The highest BCUT2D eigenvalue weighted by Crippen LogP contribution is 2.32. The van der Waals surface area contributed by atoms with E-state index in [9.17, 15) is 0 Å². The minimum atomic E-state index is 0.163. The first-order valence-electron chi connectivity index (χ1n) is 6.39. The Morgan fingerprint density at radius 1 is 0.762 bits per heavy atom. The van der Waals surface area contributed by atoms with Gasteiger partial charge in [0.25, 0.3) is 0 Å². The first kappa shape index (κ1) is 13.6. The van der Waals surface area contributed by atoms with E-state index in [0.29, 0.717) is 16.0 Å². The molecule has 0 fully saturated rings. The van der Waals surface area contributed by atoms with Crippen molar-refractivity contribution in [2.45, 2.75) is 0 Å². The number of nitrogens with zero attached hydrogens (tertiary/aromatic N) is 2. The summed E-state index contributed by atoms with van der Waals surface area (Å²) < 4.78 is 0.655. The molecular weight excluding hydrogens is 328 g/mol. The summed E-state index contributed by atoms with van der Waals surface area (Å²) in [6, 6.07) is 18.2. The Kier molecular flexibility index (Phi) is 3.58. The van der Waals surface area contributed by atoms with Gasteiger partial charge in [0, 0.05) is 5.56 Å². The first-order valence-corrected chi connectivity index (χ1v) is 7.19. The second-order valence-electron chi connectivity index (χ2n) is 4.58. The van der Waals surface area contributed by atoms with Crippen LogP contribution >= 0.6 is 15.9 Å². The third kappa shape index (κ3) is 2.73. The van der Waals surface area contributed by atoms with Crippen LogP contribution in [0.5, 0.6) is 0 Å². The second kappa shape index (κ2) is 5.54. The summed E-state index contributed by atoms with van der Waals surface area (Å²) in [5, 5.41) is 0. The Balaban J connectivity index is 2.13. The van der Waals surface area contributed by atoms with Gasteiger partial charge < -0.3 is 11.5 Å². The van der Waals surface area contributed by atoms with Crippen LogP contribution < -0.4 is 11.5 Å². The molecule has 104 valence electrons. The molecule has 5 heteroatoms. The number of hydrogen-bond acceptors (Lipinski definition) is 4. The lowest BCUT2D eigenvalue weighted by Gasteiger charge is -2.09. The number of halogens is 1. The van der Waals surface area contributed by atoms with E-state index in [2.05, 4.69) is 50.2 Å². The maximum Gasteiger partial charge on any atom is 0.222 e. The van der Waals surface area contributed by atoms with Gasteiger partial charge in [-0.05, 0) is 33.1 Å². The maximum absolute atomic E-state index is 5.83. The number of rotatable bonds is 2. The molecule has 4 N–H and O–H groups in total. The predicted molar refractivity (Wildman–Crippen MR) is 89.4 cm³/mol. The quantitative estimate of drug-likeness (QED) is 0.744. The van der Waals surface area contributed by atoms with Crippen LogP contribution in [0.4, 0.5) is 11.8 Å². The zero-order valence-electron chi connectivity index (χ0n) is 11.1. The molecule has 1 aromatic heterocycles. The van der Waals surface area contributed by atoms with Crippen molar-refractivity contribution < 1.29 is 0 Å². The molecule has 3 rings (SSSR count). The number of nitrogens with two attached hydrogens (primary N) is 2. The Morgan fingerprint density at radius 3 is 2.19 bits per heavy atom. The normalized spacial score (nSPS) is 10.5. The van der Waals surface area contributed by atoms with Crippen LogP contribution in [0, 0.1) is 0 Å². The van der Waals surface area contributed by atoms with E-state index in [4.69, 9.17) is 11.5 Å². The number of nitrogen functional groups attached to an aromatic ring is 2. The fourth-order valence-electron chi connectivity index (χ4n) is 2.15. The predicted octanol–water partition coefficient (Wildman–Crippen LogP) is 3.74. The van der Waals surface area contributed by atoms with Crippen molar-refractivity contribution in [1.82, 2.24) is 9.97 Å². The van der Waals surface area contributed by atoms with Gasteiger partial charge in [0.2, 0.25) is 5.95 Å². The van der Waals surface area contributed by atoms with E-state index in [1.165, 1.54) is 0 Å². The van der Waals surface area contributed by atoms with Crippen LogP contribution in [0.25, 0.3) is 22.4 Å². The van der Waals surface area contributed by atoms with E-state index in [1.54, 1.807) is 0 Å². The molecule has 1 heterocycles. The summed E-state index contributed by atoms with van der Waals surface area (Å²) in [4.78, 5) is 8.22. The van der Waals surface area contributed by atoms with E-state index < -0.39 is 0 Å². The van der Waals surface area contributed by atoms with Gasteiger partial charge in [-0.15, -0.1) is 0 Å². The van der Waals surface area contributed by atoms with Crippen LogP contribution in [0.3, 0.4) is 0 Å². The summed E-state index contributed by atoms with van der Waals surface area (Å²) in [6.07, 6.45) is 0. The molecule has 0 bridgehead atoms. The van der Waals surface area contributed by atoms with E-state index in [0.717, 1.165) is 16.7 Å². The lowest BCUT2D eigenvalue weighted by molar-refractivity contribution is 1.18. The number of anilines is 2. The molecule has 0 atom stereocenters. The van der Waals surface area contributed by atoms with Gasteiger partial charge >= 0.3 is 0 Å². The van der Waals surface area contributed by atoms with Crippen molar-refractivity contribution in [3.05, 3.63) is 59.1 Å². The van der Waals surface area contributed by atoms with Gasteiger partial charge in [-0.2, -0.15) is 4.98 Å². The van der Waals surface area contributed by atoms with Crippen molar-refractivity contribution in [3.8, 4) is 22.4 Å². The van der Waals surface area contributed by atoms with E-state index in [1.807, 2.05) is 30.3 Å². The van der Waals surface area contributed by atoms with Crippen molar-refractivity contribution in [1.29, 1.82) is 0 Å².